The zero-order valence-corrected chi connectivity index (χ0v) is 18.0. The largest absolute Gasteiger partial charge is 0.0833 e. The van der Waals surface area contributed by atoms with Gasteiger partial charge < -0.3 is 0 Å². The molecule has 0 amide bonds. The second-order valence-corrected chi connectivity index (χ2v) is 10.6. The van der Waals surface area contributed by atoms with Crippen LogP contribution >= 0.6 is 0 Å². The van der Waals surface area contributed by atoms with Crippen LogP contribution < -0.4 is 0 Å². The zero-order valence-electron chi connectivity index (χ0n) is 18.0. The van der Waals surface area contributed by atoms with E-state index in [1.54, 1.807) is 11.1 Å². The summed E-state index contributed by atoms with van der Waals surface area (Å²) in [5.41, 5.74) is 4.93. The van der Waals surface area contributed by atoms with Gasteiger partial charge in [-0.3, -0.25) is 0 Å². The fourth-order valence-electron chi connectivity index (χ4n) is 7.47. The molecule has 6 atom stereocenters. The number of hydrogen-bond acceptors (Lipinski definition) is 0. The summed E-state index contributed by atoms with van der Waals surface area (Å²) < 4.78 is 0. The molecule has 2 unspecified atom stereocenters. The van der Waals surface area contributed by atoms with Gasteiger partial charge in [-0.25, -0.2) is 0 Å². The molecule has 0 radical (unpaired) electrons. The minimum Gasteiger partial charge on any atom is -0.0833 e. The number of hydrogen-bond donors (Lipinski definition) is 0. The van der Waals surface area contributed by atoms with E-state index in [0.717, 1.165) is 35.5 Å². The van der Waals surface area contributed by atoms with Gasteiger partial charge in [-0.15, -0.1) is 0 Å². The van der Waals surface area contributed by atoms with Crippen LogP contribution in [0.3, 0.4) is 0 Å². The molecule has 152 valence electrons. The lowest BCUT2D eigenvalue weighted by molar-refractivity contribution is 0.116. The zero-order chi connectivity index (χ0) is 18.9. The van der Waals surface area contributed by atoms with Crippen LogP contribution in [-0.4, -0.2) is 0 Å². The maximum atomic E-state index is 2.68. The van der Waals surface area contributed by atoms with Crippen molar-refractivity contribution >= 4 is 6.08 Å². The first kappa shape index (κ1) is 19.0. The molecule has 3 saturated carbocycles. The summed E-state index contributed by atoms with van der Waals surface area (Å²) in [6.07, 6.45) is 23.9. The van der Waals surface area contributed by atoms with Crippen LogP contribution in [0.1, 0.15) is 119 Å². The van der Waals surface area contributed by atoms with Gasteiger partial charge in [0, 0.05) is 0 Å². The summed E-state index contributed by atoms with van der Waals surface area (Å²) in [5.74, 6) is 5.65. The van der Waals surface area contributed by atoms with E-state index in [-0.39, 0.29) is 0 Å². The average molecular weight is 377 g/mol. The minimum absolute atomic E-state index is 0.799. The fraction of sp³-hybridized carbons (Fsp3) is 0.714. The molecule has 0 aromatic heterocycles. The van der Waals surface area contributed by atoms with Crippen LogP contribution in [0.15, 0.2) is 24.3 Å². The summed E-state index contributed by atoms with van der Waals surface area (Å²) in [7, 11) is 0. The lowest BCUT2D eigenvalue weighted by Gasteiger charge is -2.43. The van der Waals surface area contributed by atoms with Crippen LogP contribution in [0.4, 0.5) is 0 Å². The number of allylic oxidation sites excluding steroid dienone is 1. The van der Waals surface area contributed by atoms with Crippen LogP contribution in [0.25, 0.3) is 6.08 Å². The normalized spacial score (nSPS) is 37.9. The summed E-state index contributed by atoms with van der Waals surface area (Å²) in [6.45, 7) is 2.39. The van der Waals surface area contributed by atoms with E-state index in [1.165, 1.54) is 89.0 Å². The maximum Gasteiger partial charge on any atom is -0.00928 e. The second-order valence-electron chi connectivity index (χ2n) is 10.6. The number of fused-ring (bicyclic) bond motifs is 2. The Morgan fingerprint density at radius 3 is 2.57 bits per heavy atom. The maximum absolute atomic E-state index is 2.68. The lowest BCUT2D eigenvalue weighted by atomic mass is 9.62. The van der Waals surface area contributed by atoms with Crippen molar-refractivity contribution in [1.82, 2.24) is 0 Å². The van der Waals surface area contributed by atoms with Gasteiger partial charge in [0.2, 0.25) is 0 Å². The number of benzene rings is 1. The predicted octanol–water partition coefficient (Wildman–Crippen LogP) is 8.48. The SMILES string of the molecule is CC[C@H]1CCC[C@@H](c2ccc3c(c2)C([C@H]2CC[C@H]4CCCCC4C2)CC=C3)C1. The summed E-state index contributed by atoms with van der Waals surface area (Å²) >= 11 is 0. The first-order valence-electron chi connectivity index (χ1n) is 12.6. The quantitative estimate of drug-likeness (QED) is 0.496. The van der Waals surface area contributed by atoms with Crippen molar-refractivity contribution in [3.63, 3.8) is 0 Å². The van der Waals surface area contributed by atoms with Gasteiger partial charge in [0.05, 0.1) is 0 Å². The Bertz CT molecular complexity index is 698. The molecular weight excluding hydrogens is 336 g/mol. The highest BCUT2D eigenvalue weighted by atomic mass is 14.4. The molecule has 0 nitrogen and oxygen atoms in total. The van der Waals surface area contributed by atoms with E-state index in [0.29, 0.717) is 0 Å². The molecular formula is C28H40. The standard InChI is InChI=1S/C28H40/c1-2-20-7-5-11-23(17-20)25-15-14-22-10-6-12-27(28(22)19-25)26-16-13-21-8-3-4-9-24(21)18-26/h6,10,14-15,19-21,23-24,26-27H,2-5,7-9,11-13,16-18H2,1H3/t20-,21+,23+,24?,26-,27?/m0/s1. The van der Waals surface area contributed by atoms with Gasteiger partial charge in [0.1, 0.15) is 0 Å². The Balaban J connectivity index is 1.37. The molecule has 3 fully saturated rings. The van der Waals surface area contributed by atoms with Gasteiger partial charge in [0.25, 0.3) is 0 Å². The van der Waals surface area contributed by atoms with Gasteiger partial charge in [0.15, 0.2) is 0 Å². The van der Waals surface area contributed by atoms with Gasteiger partial charge >= 0.3 is 0 Å². The molecule has 0 aliphatic heterocycles. The Labute approximate surface area is 173 Å². The Hall–Kier alpha value is -1.04. The first-order chi connectivity index (χ1) is 13.8. The van der Waals surface area contributed by atoms with E-state index in [1.807, 2.05) is 0 Å². The van der Waals surface area contributed by atoms with Crippen molar-refractivity contribution < 1.29 is 0 Å². The molecule has 0 bridgehead atoms. The van der Waals surface area contributed by atoms with E-state index in [4.69, 9.17) is 0 Å². The Morgan fingerprint density at radius 2 is 1.68 bits per heavy atom. The lowest BCUT2D eigenvalue weighted by Crippen LogP contribution is -2.31. The third-order valence-corrected chi connectivity index (χ3v) is 9.18. The summed E-state index contributed by atoms with van der Waals surface area (Å²) in [6, 6.07) is 7.63. The van der Waals surface area contributed by atoms with E-state index >= 15 is 0 Å². The molecule has 0 heterocycles. The topological polar surface area (TPSA) is 0 Å². The Kier molecular flexibility index (Phi) is 5.67. The molecule has 1 aromatic carbocycles. The molecule has 5 rings (SSSR count). The highest BCUT2D eigenvalue weighted by Gasteiger charge is 2.36. The van der Waals surface area contributed by atoms with Gasteiger partial charge in [-0.05, 0) is 90.7 Å². The number of rotatable bonds is 3. The van der Waals surface area contributed by atoms with Crippen LogP contribution in [0.2, 0.25) is 0 Å². The minimum atomic E-state index is 0.799. The fourth-order valence-corrected chi connectivity index (χ4v) is 7.47. The third-order valence-electron chi connectivity index (χ3n) is 9.18. The van der Waals surface area contributed by atoms with Gasteiger partial charge in [-0.1, -0.05) is 82.2 Å². The van der Waals surface area contributed by atoms with Gasteiger partial charge in [-0.2, -0.15) is 0 Å². The van der Waals surface area contributed by atoms with Crippen LogP contribution in [0, 0.1) is 23.7 Å². The highest BCUT2D eigenvalue weighted by molar-refractivity contribution is 5.59. The van der Waals surface area contributed by atoms with Crippen molar-refractivity contribution in [2.75, 3.05) is 0 Å². The van der Waals surface area contributed by atoms with Crippen molar-refractivity contribution in [2.45, 2.75) is 102 Å². The van der Waals surface area contributed by atoms with Crippen molar-refractivity contribution in [3.05, 3.63) is 41.0 Å². The van der Waals surface area contributed by atoms with E-state index < -0.39 is 0 Å². The molecule has 0 heteroatoms. The van der Waals surface area contributed by atoms with Crippen molar-refractivity contribution in [1.29, 1.82) is 0 Å². The molecule has 0 N–H and O–H groups in total. The second kappa shape index (κ2) is 8.37. The van der Waals surface area contributed by atoms with Crippen molar-refractivity contribution in [3.8, 4) is 0 Å². The van der Waals surface area contributed by atoms with Crippen LogP contribution in [-0.2, 0) is 0 Å². The molecule has 1 aromatic rings. The monoisotopic (exact) mass is 376 g/mol. The highest BCUT2D eigenvalue weighted by Crippen LogP contribution is 2.50. The first-order valence-corrected chi connectivity index (χ1v) is 12.6. The molecule has 4 aliphatic carbocycles. The van der Waals surface area contributed by atoms with Crippen molar-refractivity contribution in [2.24, 2.45) is 23.7 Å². The molecule has 4 aliphatic rings. The molecule has 28 heavy (non-hydrogen) atoms. The molecule has 0 spiro atoms. The molecule has 0 saturated heterocycles. The predicted molar refractivity (Wildman–Crippen MR) is 121 cm³/mol. The summed E-state index contributed by atoms with van der Waals surface area (Å²) in [4.78, 5) is 0. The van der Waals surface area contributed by atoms with E-state index in [9.17, 15) is 0 Å². The third kappa shape index (κ3) is 3.73. The smallest absolute Gasteiger partial charge is 0.00928 e. The average Bonchev–Trinajstić information content (AvgIpc) is 2.78. The van der Waals surface area contributed by atoms with E-state index in [2.05, 4.69) is 37.3 Å². The van der Waals surface area contributed by atoms with Crippen LogP contribution in [0.5, 0.6) is 0 Å². The Morgan fingerprint density at radius 1 is 0.821 bits per heavy atom. The summed E-state index contributed by atoms with van der Waals surface area (Å²) in [5, 5.41) is 0.